The minimum Gasteiger partial charge on any atom is -0.265 e. The molecule has 2 heterocycles. The predicted molar refractivity (Wildman–Crippen MR) is 53.5 cm³/mol. The lowest BCUT2D eigenvalue weighted by Crippen LogP contribution is -2.38. The summed E-state index contributed by atoms with van der Waals surface area (Å²) in [5, 5.41) is 5.91. The topological polar surface area (TPSA) is 79.0 Å². The van der Waals surface area contributed by atoms with Crippen molar-refractivity contribution in [3.05, 3.63) is 6.33 Å². The van der Waals surface area contributed by atoms with Crippen LogP contribution in [-0.4, -0.2) is 41.0 Å². The first-order valence-electron chi connectivity index (χ1n) is 4.96. The van der Waals surface area contributed by atoms with Crippen LogP contribution in [0.3, 0.4) is 0 Å². The van der Waals surface area contributed by atoms with Gasteiger partial charge in [0.15, 0.2) is 0 Å². The molecule has 0 bridgehead atoms. The summed E-state index contributed by atoms with van der Waals surface area (Å²) in [5.41, 5.74) is 0. The van der Waals surface area contributed by atoms with E-state index in [0.717, 1.165) is 12.8 Å². The summed E-state index contributed by atoms with van der Waals surface area (Å²) in [5.74, 6) is 0.601. The number of rotatable bonds is 2. The van der Waals surface area contributed by atoms with Gasteiger partial charge < -0.3 is 0 Å². The van der Waals surface area contributed by atoms with Crippen molar-refractivity contribution in [1.82, 2.24) is 19.5 Å². The maximum Gasteiger partial charge on any atom is 0.282 e. The molecular weight excluding hydrogens is 216 g/mol. The molecule has 0 unspecified atom stereocenters. The molecule has 2 rings (SSSR count). The summed E-state index contributed by atoms with van der Waals surface area (Å²) in [6.07, 6.45) is 3.09. The maximum absolute atomic E-state index is 11.9. The summed E-state index contributed by atoms with van der Waals surface area (Å²) < 4.78 is 25.3. The molecular formula is C8H14N4O2S. The Balaban J connectivity index is 2.17. The zero-order chi connectivity index (χ0) is 10.9. The highest BCUT2D eigenvalue weighted by atomic mass is 32.2. The number of H-pyrrole nitrogens is 1. The van der Waals surface area contributed by atoms with Crippen LogP contribution in [0.15, 0.2) is 11.5 Å². The van der Waals surface area contributed by atoms with E-state index in [1.54, 1.807) is 0 Å². The van der Waals surface area contributed by atoms with Gasteiger partial charge in [0.2, 0.25) is 0 Å². The monoisotopic (exact) mass is 230 g/mol. The van der Waals surface area contributed by atoms with Gasteiger partial charge in [-0.3, -0.25) is 5.10 Å². The highest BCUT2D eigenvalue weighted by molar-refractivity contribution is 7.88. The molecule has 6 nitrogen and oxygen atoms in total. The largest absolute Gasteiger partial charge is 0.282 e. The second kappa shape index (κ2) is 3.90. The Morgan fingerprint density at radius 3 is 2.67 bits per heavy atom. The van der Waals surface area contributed by atoms with Crippen molar-refractivity contribution in [2.45, 2.75) is 24.9 Å². The van der Waals surface area contributed by atoms with Crippen LogP contribution in [0.1, 0.15) is 19.8 Å². The molecule has 15 heavy (non-hydrogen) atoms. The van der Waals surface area contributed by atoms with E-state index in [0.29, 0.717) is 19.0 Å². The van der Waals surface area contributed by atoms with Crippen molar-refractivity contribution in [3.63, 3.8) is 0 Å². The minimum atomic E-state index is -3.46. The molecule has 0 aromatic carbocycles. The molecule has 1 aliphatic heterocycles. The number of nitrogens with one attached hydrogen (secondary N) is 1. The molecule has 1 fully saturated rings. The molecule has 1 aromatic rings. The predicted octanol–water partition coefficient (Wildman–Crippen LogP) is 0.225. The van der Waals surface area contributed by atoms with Crippen LogP contribution in [0.4, 0.5) is 0 Å². The minimum absolute atomic E-state index is 0.128. The average molecular weight is 230 g/mol. The van der Waals surface area contributed by atoms with Crippen molar-refractivity contribution in [2.24, 2.45) is 5.92 Å². The zero-order valence-corrected chi connectivity index (χ0v) is 9.37. The van der Waals surface area contributed by atoms with Gasteiger partial charge >= 0.3 is 0 Å². The van der Waals surface area contributed by atoms with Crippen LogP contribution >= 0.6 is 0 Å². The maximum atomic E-state index is 11.9. The normalized spacial score (nSPS) is 20.6. The number of hydrogen-bond donors (Lipinski definition) is 1. The Bertz CT molecular complexity index is 406. The fourth-order valence-electron chi connectivity index (χ4n) is 1.66. The fourth-order valence-corrected chi connectivity index (χ4v) is 2.94. The van der Waals surface area contributed by atoms with Gasteiger partial charge in [-0.15, -0.1) is 5.10 Å². The molecule has 1 N–H and O–H groups in total. The zero-order valence-electron chi connectivity index (χ0n) is 8.55. The molecule has 0 amide bonds. The highest BCUT2D eigenvalue weighted by Crippen LogP contribution is 2.20. The lowest BCUT2D eigenvalue weighted by molar-refractivity contribution is 0.286. The Hall–Kier alpha value is -0.950. The number of hydrogen-bond acceptors (Lipinski definition) is 4. The van der Waals surface area contributed by atoms with Gasteiger partial charge in [-0.1, -0.05) is 6.92 Å². The highest BCUT2D eigenvalue weighted by Gasteiger charge is 2.30. The summed E-state index contributed by atoms with van der Waals surface area (Å²) in [6, 6.07) is 0. The molecule has 1 saturated heterocycles. The second-order valence-electron chi connectivity index (χ2n) is 3.87. The third-order valence-corrected chi connectivity index (χ3v) is 4.41. The number of aromatic nitrogens is 3. The van der Waals surface area contributed by atoms with Gasteiger partial charge in [0.25, 0.3) is 15.2 Å². The van der Waals surface area contributed by atoms with E-state index < -0.39 is 10.0 Å². The number of piperidine rings is 1. The fraction of sp³-hybridized carbons (Fsp3) is 0.750. The molecule has 7 heteroatoms. The van der Waals surface area contributed by atoms with Crippen molar-refractivity contribution in [3.8, 4) is 0 Å². The Morgan fingerprint density at radius 1 is 1.47 bits per heavy atom. The van der Waals surface area contributed by atoms with Crippen LogP contribution in [0.2, 0.25) is 0 Å². The lowest BCUT2D eigenvalue weighted by atomic mass is 10.0. The molecule has 84 valence electrons. The van der Waals surface area contributed by atoms with Crippen LogP contribution in [0.25, 0.3) is 0 Å². The molecule has 1 aliphatic rings. The van der Waals surface area contributed by atoms with Crippen molar-refractivity contribution in [2.75, 3.05) is 13.1 Å². The van der Waals surface area contributed by atoms with Gasteiger partial charge in [0.1, 0.15) is 6.33 Å². The molecule has 0 saturated carbocycles. The van der Waals surface area contributed by atoms with E-state index in [1.165, 1.54) is 10.6 Å². The summed E-state index contributed by atoms with van der Waals surface area (Å²) in [7, 11) is -3.46. The summed E-state index contributed by atoms with van der Waals surface area (Å²) in [4.78, 5) is 3.69. The van der Waals surface area contributed by atoms with E-state index >= 15 is 0 Å². The van der Waals surface area contributed by atoms with Gasteiger partial charge in [-0.2, -0.15) is 4.31 Å². The van der Waals surface area contributed by atoms with E-state index in [4.69, 9.17) is 0 Å². The average Bonchev–Trinajstić information content (AvgIpc) is 2.71. The van der Waals surface area contributed by atoms with Gasteiger partial charge in [-0.25, -0.2) is 13.4 Å². The second-order valence-corrected chi connectivity index (χ2v) is 5.70. The Labute approximate surface area is 88.8 Å². The lowest BCUT2D eigenvalue weighted by Gasteiger charge is -2.28. The summed E-state index contributed by atoms with van der Waals surface area (Å²) >= 11 is 0. The van der Waals surface area contributed by atoms with Crippen LogP contribution < -0.4 is 0 Å². The number of aromatic amines is 1. The molecule has 1 aromatic heterocycles. The third kappa shape index (κ3) is 2.03. The van der Waals surface area contributed by atoms with E-state index in [-0.39, 0.29) is 5.16 Å². The molecule has 0 radical (unpaired) electrons. The standard InChI is InChI=1S/C8H14N4O2S/c1-7-2-4-12(5-3-7)15(13,14)8-9-6-10-11-8/h6-7H,2-5H2,1H3,(H,9,10,11). The van der Waals surface area contributed by atoms with Crippen LogP contribution in [-0.2, 0) is 10.0 Å². The van der Waals surface area contributed by atoms with Gasteiger partial charge in [-0.05, 0) is 18.8 Å². The molecule has 0 spiro atoms. The van der Waals surface area contributed by atoms with Gasteiger partial charge in [0.05, 0.1) is 0 Å². The first-order valence-corrected chi connectivity index (χ1v) is 6.40. The Kier molecular flexibility index (Phi) is 2.74. The number of nitrogens with zero attached hydrogens (tertiary/aromatic N) is 3. The van der Waals surface area contributed by atoms with Crippen molar-refractivity contribution < 1.29 is 8.42 Å². The number of sulfonamides is 1. The van der Waals surface area contributed by atoms with E-state index in [1.807, 2.05) is 0 Å². The SMILES string of the molecule is CC1CCN(S(=O)(=O)c2nc[nH]n2)CC1. The van der Waals surface area contributed by atoms with Gasteiger partial charge in [0, 0.05) is 13.1 Å². The molecule has 0 atom stereocenters. The van der Waals surface area contributed by atoms with Crippen LogP contribution in [0, 0.1) is 5.92 Å². The first kappa shape index (κ1) is 10.6. The summed E-state index contributed by atoms with van der Waals surface area (Å²) in [6.45, 7) is 3.27. The Morgan fingerprint density at radius 2 is 2.13 bits per heavy atom. The van der Waals surface area contributed by atoms with Crippen molar-refractivity contribution in [1.29, 1.82) is 0 Å². The van der Waals surface area contributed by atoms with Crippen LogP contribution in [0.5, 0.6) is 0 Å². The first-order chi connectivity index (χ1) is 7.10. The van der Waals surface area contributed by atoms with E-state index in [9.17, 15) is 8.42 Å². The smallest absolute Gasteiger partial charge is 0.265 e. The van der Waals surface area contributed by atoms with Crippen molar-refractivity contribution >= 4 is 10.0 Å². The quantitative estimate of drug-likeness (QED) is 0.788. The molecule has 0 aliphatic carbocycles. The van der Waals surface area contributed by atoms with E-state index in [2.05, 4.69) is 22.1 Å². The third-order valence-electron chi connectivity index (χ3n) is 2.71.